The highest BCUT2D eigenvalue weighted by Gasteiger charge is 2.13. The van der Waals surface area contributed by atoms with Crippen LogP contribution in [0.3, 0.4) is 0 Å². The molecule has 0 saturated carbocycles. The van der Waals surface area contributed by atoms with Gasteiger partial charge in [0.15, 0.2) is 0 Å². The van der Waals surface area contributed by atoms with Gasteiger partial charge in [-0.1, -0.05) is 35.4 Å². The number of anilines is 3. The Morgan fingerprint density at radius 2 is 1.88 bits per heavy atom. The zero-order chi connectivity index (χ0) is 18.7. The number of rotatable bonds is 4. The van der Waals surface area contributed by atoms with Gasteiger partial charge in [0.05, 0.1) is 0 Å². The molecule has 2 N–H and O–H groups in total. The number of halogens is 1. The summed E-state index contributed by atoms with van der Waals surface area (Å²) in [6.07, 6.45) is 0. The van der Waals surface area contributed by atoms with Crippen molar-refractivity contribution in [3.8, 4) is 0 Å². The van der Waals surface area contributed by atoms with Crippen LogP contribution in [0.25, 0.3) is 0 Å². The molecule has 132 valence electrons. The van der Waals surface area contributed by atoms with Crippen molar-refractivity contribution < 1.29 is 4.79 Å². The molecule has 0 unspecified atom stereocenters. The number of nitrogens with zero attached hydrogens (tertiary/aromatic N) is 3. The van der Waals surface area contributed by atoms with Gasteiger partial charge >= 0.3 is 5.56 Å². The largest absolute Gasteiger partial charge is 0.323 e. The molecular weight excluding hydrogens is 354 g/mol. The van der Waals surface area contributed by atoms with Gasteiger partial charge in [0.2, 0.25) is 11.8 Å². The summed E-state index contributed by atoms with van der Waals surface area (Å²) in [4.78, 5) is 28.7. The minimum atomic E-state index is -0.512. The van der Waals surface area contributed by atoms with Gasteiger partial charge in [-0.3, -0.25) is 9.59 Å². The minimum Gasteiger partial charge on any atom is -0.323 e. The highest BCUT2D eigenvalue weighted by Crippen LogP contribution is 2.18. The van der Waals surface area contributed by atoms with Crippen LogP contribution in [0.4, 0.5) is 17.5 Å². The van der Waals surface area contributed by atoms with E-state index in [0.29, 0.717) is 16.3 Å². The summed E-state index contributed by atoms with van der Waals surface area (Å²) in [6, 6.07) is 14.0. The summed E-state index contributed by atoms with van der Waals surface area (Å²) in [7, 11) is 1.48. The lowest BCUT2D eigenvalue weighted by molar-refractivity contribution is 0.102. The van der Waals surface area contributed by atoms with Crippen LogP contribution in [0.2, 0.25) is 5.02 Å². The number of carbonyl (C=O) groups is 1. The molecule has 0 radical (unpaired) electrons. The molecule has 3 rings (SSSR count). The Balaban J connectivity index is 1.87. The molecule has 0 atom stereocenters. The molecule has 1 aromatic heterocycles. The minimum absolute atomic E-state index is 0.113. The lowest BCUT2D eigenvalue weighted by Gasteiger charge is -2.09. The van der Waals surface area contributed by atoms with Crippen LogP contribution in [-0.2, 0) is 7.05 Å². The number of hydrogen-bond acceptors (Lipinski definition) is 5. The number of amides is 1. The molecule has 8 heteroatoms. The van der Waals surface area contributed by atoms with Gasteiger partial charge in [-0.05, 0) is 37.3 Å². The van der Waals surface area contributed by atoms with Crippen molar-refractivity contribution in [3.05, 3.63) is 75.0 Å². The fourth-order valence-electron chi connectivity index (χ4n) is 2.23. The maximum atomic E-state index is 12.3. The van der Waals surface area contributed by atoms with Crippen LogP contribution in [0, 0.1) is 6.92 Å². The van der Waals surface area contributed by atoms with Crippen molar-refractivity contribution in [2.75, 3.05) is 10.6 Å². The molecule has 0 saturated heterocycles. The third kappa shape index (κ3) is 4.07. The Labute approximate surface area is 154 Å². The van der Waals surface area contributed by atoms with Crippen LogP contribution in [0.1, 0.15) is 15.9 Å². The summed E-state index contributed by atoms with van der Waals surface area (Å²) < 4.78 is 1.10. The lowest BCUT2D eigenvalue weighted by Crippen LogP contribution is -2.28. The van der Waals surface area contributed by atoms with E-state index in [1.54, 1.807) is 36.4 Å². The quantitative estimate of drug-likeness (QED) is 0.737. The predicted octanol–water partition coefficient (Wildman–Crippen LogP) is 3.13. The van der Waals surface area contributed by atoms with E-state index in [0.717, 1.165) is 10.2 Å². The van der Waals surface area contributed by atoms with E-state index >= 15 is 0 Å². The Bertz CT molecular complexity index is 1010. The molecule has 3 aromatic rings. The molecule has 2 aromatic carbocycles. The van der Waals surface area contributed by atoms with Gasteiger partial charge < -0.3 is 10.6 Å². The van der Waals surface area contributed by atoms with Gasteiger partial charge in [0, 0.05) is 23.3 Å². The molecule has 0 spiro atoms. The molecule has 0 fully saturated rings. The van der Waals surface area contributed by atoms with Gasteiger partial charge in [-0.15, -0.1) is 5.10 Å². The van der Waals surface area contributed by atoms with Gasteiger partial charge in [-0.25, -0.2) is 4.68 Å². The summed E-state index contributed by atoms with van der Waals surface area (Å²) >= 11 is 5.95. The third-order valence-electron chi connectivity index (χ3n) is 3.59. The predicted molar refractivity (Wildman–Crippen MR) is 101 cm³/mol. The maximum absolute atomic E-state index is 12.3. The molecule has 26 heavy (non-hydrogen) atoms. The fraction of sp³-hybridized carbons (Fsp3) is 0.111. The Morgan fingerprint density at radius 1 is 1.15 bits per heavy atom. The van der Waals surface area contributed by atoms with Crippen molar-refractivity contribution >= 4 is 35.0 Å². The number of benzene rings is 2. The van der Waals surface area contributed by atoms with Crippen molar-refractivity contribution in [1.29, 1.82) is 0 Å². The van der Waals surface area contributed by atoms with E-state index in [1.165, 1.54) is 7.05 Å². The number of hydrogen-bond donors (Lipinski definition) is 2. The normalized spacial score (nSPS) is 10.4. The molecular formula is C18H16ClN5O2. The van der Waals surface area contributed by atoms with Gasteiger partial charge in [0.25, 0.3) is 5.91 Å². The first-order valence-corrected chi connectivity index (χ1v) is 8.16. The number of aromatic nitrogens is 3. The van der Waals surface area contributed by atoms with Crippen LogP contribution in [-0.4, -0.2) is 20.7 Å². The molecule has 0 aliphatic heterocycles. The van der Waals surface area contributed by atoms with E-state index in [4.69, 9.17) is 11.6 Å². The second-order valence-electron chi connectivity index (χ2n) is 5.67. The first kappa shape index (κ1) is 17.6. The summed E-state index contributed by atoms with van der Waals surface area (Å²) in [5.74, 6) is -0.374. The number of aryl methyl sites for hydroxylation is 2. The second kappa shape index (κ2) is 7.37. The van der Waals surface area contributed by atoms with Gasteiger partial charge in [-0.2, -0.15) is 4.98 Å². The summed E-state index contributed by atoms with van der Waals surface area (Å²) in [5, 5.41) is 10.1. The average Bonchev–Trinajstić information content (AvgIpc) is 2.60. The van der Waals surface area contributed by atoms with Crippen LogP contribution >= 0.6 is 11.6 Å². The molecule has 1 amide bonds. The smallest absolute Gasteiger partial charge is 0.309 e. The van der Waals surface area contributed by atoms with Crippen molar-refractivity contribution in [2.24, 2.45) is 7.05 Å². The summed E-state index contributed by atoms with van der Waals surface area (Å²) in [6.45, 7) is 1.93. The monoisotopic (exact) mass is 369 g/mol. The Hall–Kier alpha value is -3.19. The highest BCUT2D eigenvalue weighted by molar-refractivity contribution is 6.30. The van der Waals surface area contributed by atoms with E-state index in [2.05, 4.69) is 20.7 Å². The highest BCUT2D eigenvalue weighted by atomic mass is 35.5. The second-order valence-corrected chi connectivity index (χ2v) is 6.10. The van der Waals surface area contributed by atoms with Crippen molar-refractivity contribution in [1.82, 2.24) is 14.8 Å². The zero-order valence-electron chi connectivity index (χ0n) is 14.2. The third-order valence-corrected chi connectivity index (χ3v) is 3.82. The summed E-state index contributed by atoms with van der Waals surface area (Å²) in [5.41, 5.74) is 1.61. The van der Waals surface area contributed by atoms with E-state index in [-0.39, 0.29) is 11.8 Å². The average molecular weight is 370 g/mol. The van der Waals surface area contributed by atoms with E-state index < -0.39 is 11.5 Å². The van der Waals surface area contributed by atoms with Crippen molar-refractivity contribution in [2.45, 2.75) is 6.92 Å². The molecule has 1 heterocycles. The Morgan fingerprint density at radius 3 is 2.58 bits per heavy atom. The number of carbonyl (C=O) groups excluding carboxylic acids is 1. The van der Waals surface area contributed by atoms with Crippen molar-refractivity contribution in [3.63, 3.8) is 0 Å². The lowest BCUT2D eigenvalue weighted by atomic mass is 10.1. The SMILES string of the molecule is Cc1ccc(C(=O)Nc2nc(Nc3cccc(Cl)c3)nn(C)c2=O)cc1. The first-order valence-electron chi connectivity index (χ1n) is 7.78. The molecule has 7 nitrogen and oxygen atoms in total. The molecule has 0 aliphatic rings. The van der Waals surface area contributed by atoms with Gasteiger partial charge in [0.1, 0.15) is 0 Å². The Kier molecular flexibility index (Phi) is 4.99. The fourth-order valence-corrected chi connectivity index (χ4v) is 2.42. The zero-order valence-corrected chi connectivity index (χ0v) is 14.9. The first-order chi connectivity index (χ1) is 12.4. The molecule has 0 aliphatic carbocycles. The van der Waals surface area contributed by atoms with Crippen LogP contribution in [0.5, 0.6) is 0 Å². The number of nitrogens with one attached hydrogen (secondary N) is 2. The van der Waals surface area contributed by atoms with E-state index in [1.807, 2.05) is 19.1 Å². The maximum Gasteiger partial charge on any atom is 0.309 e. The van der Waals surface area contributed by atoms with Crippen LogP contribution in [0.15, 0.2) is 53.3 Å². The standard InChI is InChI=1S/C18H16ClN5O2/c1-11-6-8-12(9-7-11)16(25)21-15-17(26)24(2)23-18(22-15)20-14-5-3-4-13(19)10-14/h3-10H,1-2H3,(H2,20,21,22,23,25). The topological polar surface area (TPSA) is 88.9 Å². The van der Waals surface area contributed by atoms with Crippen LogP contribution < -0.4 is 16.2 Å². The molecule has 0 bridgehead atoms. The van der Waals surface area contributed by atoms with E-state index in [9.17, 15) is 9.59 Å².